The van der Waals surface area contributed by atoms with Crippen LogP contribution in [0.1, 0.15) is 22.4 Å². The number of hydrogen-bond donors (Lipinski definition) is 1. The Balaban J connectivity index is 2.85. The highest BCUT2D eigenvalue weighted by atomic mass is 32.1. The van der Waals surface area contributed by atoms with Gasteiger partial charge in [0.2, 0.25) is 5.78 Å². The van der Waals surface area contributed by atoms with Crippen molar-refractivity contribution >= 4 is 17.1 Å². The summed E-state index contributed by atoms with van der Waals surface area (Å²) in [5.41, 5.74) is 6.27. The van der Waals surface area contributed by atoms with Gasteiger partial charge in [0.1, 0.15) is 0 Å². The van der Waals surface area contributed by atoms with E-state index < -0.39 is 6.04 Å². The number of aryl methyl sites for hydroxylation is 1. The van der Waals surface area contributed by atoms with E-state index >= 15 is 0 Å². The molecule has 0 aliphatic heterocycles. The Morgan fingerprint density at radius 3 is 2.82 bits per heavy atom. The van der Waals surface area contributed by atoms with Crippen molar-refractivity contribution in [3.8, 4) is 0 Å². The number of hydrogen-bond acceptors (Lipinski definition) is 4. The number of carbonyl (C=O) groups excluding carboxylic acids is 1. The standard InChI is InChI=1S/C7H10N2OS/c1-4-3-11-7(9-4)6(10)5(2)8/h3,5H,8H2,1-2H3/t5-/m0/s1. The zero-order valence-electron chi connectivity index (χ0n) is 6.50. The fraction of sp³-hybridized carbons (Fsp3) is 0.429. The molecule has 0 spiro atoms. The molecule has 11 heavy (non-hydrogen) atoms. The lowest BCUT2D eigenvalue weighted by molar-refractivity contribution is 0.0967. The van der Waals surface area contributed by atoms with Gasteiger partial charge in [-0.05, 0) is 13.8 Å². The molecule has 0 aliphatic carbocycles. The van der Waals surface area contributed by atoms with E-state index in [-0.39, 0.29) is 5.78 Å². The van der Waals surface area contributed by atoms with Gasteiger partial charge in [-0.15, -0.1) is 11.3 Å². The molecule has 1 rings (SSSR count). The van der Waals surface area contributed by atoms with Crippen molar-refractivity contribution in [1.82, 2.24) is 4.98 Å². The molecular weight excluding hydrogens is 160 g/mol. The van der Waals surface area contributed by atoms with Crippen molar-refractivity contribution in [2.45, 2.75) is 19.9 Å². The number of thiazole rings is 1. The summed E-state index contributed by atoms with van der Waals surface area (Å²) in [4.78, 5) is 15.2. The molecule has 0 amide bonds. The van der Waals surface area contributed by atoms with E-state index in [2.05, 4.69) is 4.98 Å². The van der Waals surface area contributed by atoms with Gasteiger partial charge in [0, 0.05) is 11.1 Å². The average Bonchev–Trinajstić information content (AvgIpc) is 2.34. The Morgan fingerprint density at radius 2 is 2.45 bits per heavy atom. The van der Waals surface area contributed by atoms with Crippen LogP contribution < -0.4 is 5.73 Å². The molecule has 0 bridgehead atoms. The molecule has 0 aliphatic rings. The molecule has 0 unspecified atom stereocenters. The van der Waals surface area contributed by atoms with Crippen LogP contribution in [0.15, 0.2) is 5.38 Å². The summed E-state index contributed by atoms with van der Waals surface area (Å²) < 4.78 is 0. The summed E-state index contributed by atoms with van der Waals surface area (Å²) in [6.07, 6.45) is 0. The summed E-state index contributed by atoms with van der Waals surface area (Å²) in [5.74, 6) is -0.0805. The zero-order chi connectivity index (χ0) is 8.43. The first kappa shape index (κ1) is 8.36. The van der Waals surface area contributed by atoms with Gasteiger partial charge in [-0.3, -0.25) is 4.79 Å². The van der Waals surface area contributed by atoms with Gasteiger partial charge >= 0.3 is 0 Å². The van der Waals surface area contributed by atoms with Crippen LogP contribution >= 0.6 is 11.3 Å². The van der Waals surface area contributed by atoms with Crippen LogP contribution in [-0.4, -0.2) is 16.8 Å². The Kier molecular flexibility index (Phi) is 2.36. The third kappa shape index (κ3) is 1.85. The van der Waals surface area contributed by atoms with Crippen molar-refractivity contribution in [3.05, 3.63) is 16.1 Å². The number of carbonyl (C=O) groups is 1. The first-order valence-corrected chi connectivity index (χ1v) is 4.21. The van der Waals surface area contributed by atoms with E-state index in [1.165, 1.54) is 11.3 Å². The van der Waals surface area contributed by atoms with Crippen LogP contribution in [0.4, 0.5) is 0 Å². The Hall–Kier alpha value is -0.740. The molecule has 0 radical (unpaired) electrons. The molecule has 60 valence electrons. The van der Waals surface area contributed by atoms with Crippen LogP contribution in [0.2, 0.25) is 0 Å². The smallest absolute Gasteiger partial charge is 0.207 e. The van der Waals surface area contributed by atoms with Crippen LogP contribution in [-0.2, 0) is 0 Å². The molecular formula is C7H10N2OS. The maximum absolute atomic E-state index is 11.2. The minimum Gasteiger partial charge on any atom is -0.321 e. The molecule has 1 aromatic heterocycles. The Morgan fingerprint density at radius 1 is 1.82 bits per heavy atom. The Labute approximate surface area is 69.3 Å². The van der Waals surface area contributed by atoms with E-state index in [1.54, 1.807) is 6.92 Å². The van der Waals surface area contributed by atoms with Gasteiger partial charge in [0.25, 0.3) is 0 Å². The Bertz CT molecular complexity index is 267. The fourth-order valence-corrected chi connectivity index (χ4v) is 1.50. The van der Waals surface area contributed by atoms with Crippen LogP contribution in [0.3, 0.4) is 0 Å². The van der Waals surface area contributed by atoms with E-state index in [0.717, 1.165) is 5.69 Å². The third-order valence-electron chi connectivity index (χ3n) is 1.24. The number of nitrogens with two attached hydrogens (primary N) is 1. The normalized spacial score (nSPS) is 13.0. The van der Waals surface area contributed by atoms with Crippen LogP contribution in [0, 0.1) is 6.92 Å². The first-order chi connectivity index (χ1) is 5.11. The van der Waals surface area contributed by atoms with Gasteiger partial charge < -0.3 is 5.73 Å². The van der Waals surface area contributed by atoms with Gasteiger partial charge in [0.15, 0.2) is 5.01 Å². The van der Waals surface area contributed by atoms with E-state index in [4.69, 9.17) is 5.73 Å². The first-order valence-electron chi connectivity index (χ1n) is 3.33. The number of rotatable bonds is 2. The van der Waals surface area contributed by atoms with Crippen molar-refractivity contribution in [2.75, 3.05) is 0 Å². The second-order valence-corrected chi connectivity index (χ2v) is 3.31. The second-order valence-electron chi connectivity index (χ2n) is 2.45. The van der Waals surface area contributed by atoms with Gasteiger partial charge in [-0.25, -0.2) is 4.98 Å². The topological polar surface area (TPSA) is 56.0 Å². The summed E-state index contributed by atoms with van der Waals surface area (Å²) >= 11 is 1.35. The lowest BCUT2D eigenvalue weighted by Gasteiger charge is -1.97. The number of Topliss-reactive ketones (excluding diaryl/α,β-unsaturated/α-hetero) is 1. The van der Waals surface area contributed by atoms with Gasteiger partial charge in [0.05, 0.1) is 6.04 Å². The molecule has 0 aromatic carbocycles. The summed E-state index contributed by atoms with van der Waals surface area (Å²) in [7, 11) is 0. The quantitative estimate of drug-likeness (QED) is 0.673. The molecule has 4 heteroatoms. The molecule has 2 N–H and O–H groups in total. The fourth-order valence-electron chi connectivity index (χ4n) is 0.662. The molecule has 0 fully saturated rings. The monoisotopic (exact) mass is 170 g/mol. The highest BCUT2D eigenvalue weighted by molar-refractivity contribution is 7.11. The van der Waals surface area contributed by atoms with E-state index in [1.807, 2.05) is 12.3 Å². The number of ketones is 1. The number of aromatic nitrogens is 1. The lowest BCUT2D eigenvalue weighted by atomic mass is 10.2. The summed E-state index contributed by atoms with van der Waals surface area (Å²) in [6, 6.07) is -0.444. The lowest BCUT2D eigenvalue weighted by Crippen LogP contribution is -2.26. The molecule has 1 heterocycles. The van der Waals surface area contributed by atoms with Gasteiger partial charge in [-0.1, -0.05) is 0 Å². The second kappa shape index (κ2) is 3.11. The molecule has 3 nitrogen and oxygen atoms in total. The predicted molar refractivity (Wildman–Crippen MR) is 44.8 cm³/mol. The zero-order valence-corrected chi connectivity index (χ0v) is 7.31. The summed E-state index contributed by atoms with van der Waals surface area (Å²) in [6.45, 7) is 3.52. The third-order valence-corrected chi connectivity index (χ3v) is 2.22. The largest absolute Gasteiger partial charge is 0.321 e. The molecule has 0 saturated carbocycles. The average molecular weight is 170 g/mol. The van der Waals surface area contributed by atoms with Crippen molar-refractivity contribution in [2.24, 2.45) is 5.73 Å². The molecule has 1 atom stereocenters. The van der Waals surface area contributed by atoms with Crippen LogP contribution in [0.25, 0.3) is 0 Å². The van der Waals surface area contributed by atoms with E-state index in [0.29, 0.717) is 5.01 Å². The molecule has 0 saturated heterocycles. The molecule has 1 aromatic rings. The minimum atomic E-state index is -0.444. The number of nitrogens with zero attached hydrogens (tertiary/aromatic N) is 1. The van der Waals surface area contributed by atoms with E-state index in [9.17, 15) is 4.79 Å². The highest BCUT2D eigenvalue weighted by Gasteiger charge is 2.13. The van der Waals surface area contributed by atoms with Gasteiger partial charge in [-0.2, -0.15) is 0 Å². The maximum Gasteiger partial charge on any atom is 0.207 e. The van der Waals surface area contributed by atoms with Crippen molar-refractivity contribution in [3.63, 3.8) is 0 Å². The maximum atomic E-state index is 11.2. The summed E-state index contributed by atoms with van der Waals surface area (Å²) in [5, 5.41) is 2.35. The highest BCUT2D eigenvalue weighted by Crippen LogP contribution is 2.10. The SMILES string of the molecule is Cc1csc(C(=O)[C@H](C)N)n1. The minimum absolute atomic E-state index is 0.0805. The predicted octanol–water partition coefficient (Wildman–Crippen LogP) is 0.981. The van der Waals surface area contributed by atoms with Crippen LogP contribution in [0.5, 0.6) is 0 Å². The van der Waals surface area contributed by atoms with Crippen molar-refractivity contribution < 1.29 is 4.79 Å². The van der Waals surface area contributed by atoms with Crippen molar-refractivity contribution in [1.29, 1.82) is 0 Å².